The molecule has 208 valence electrons. The van der Waals surface area contributed by atoms with Crippen LogP contribution in [0, 0.1) is 0 Å². The zero-order valence-electron chi connectivity index (χ0n) is 23.3. The summed E-state index contributed by atoms with van der Waals surface area (Å²) in [7, 11) is 0. The number of rotatable bonds is 11. The number of nitrogens with one attached hydrogen (secondary N) is 1. The molecule has 1 aromatic heterocycles. The number of carbonyl (C=O) groups excluding carboxylic acids is 1. The zero-order chi connectivity index (χ0) is 28.0. The Morgan fingerprint density at radius 2 is 1.54 bits per heavy atom. The topological polar surface area (TPSA) is 93.0 Å². The van der Waals surface area contributed by atoms with Crippen LogP contribution in [-0.4, -0.2) is 58.8 Å². The number of benzene rings is 2. The van der Waals surface area contributed by atoms with Gasteiger partial charge in [-0.05, 0) is 88.1 Å². The summed E-state index contributed by atoms with van der Waals surface area (Å²) in [6.07, 6.45) is 5.69. The molecule has 1 amide bonds. The Bertz CT molecular complexity index is 1230. The van der Waals surface area contributed by atoms with Crippen LogP contribution in [0.25, 0.3) is 5.69 Å². The van der Waals surface area contributed by atoms with Crippen molar-refractivity contribution in [2.24, 2.45) is 0 Å². The number of amides is 1. The molecule has 0 aliphatic carbocycles. The third-order valence-corrected chi connectivity index (χ3v) is 7.29. The normalized spacial score (nSPS) is 14.7. The van der Waals surface area contributed by atoms with Gasteiger partial charge in [0.15, 0.2) is 0 Å². The van der Waals surface area contributed by atoms with Gasteiger partial charge in [-0.2, -0.15) is 0 Å². The van der Waals surface area contributed by atoms with Crippen LogP contribution in [0.2, 0.25) is 0 Å². The van der Waals surface area contributed by atoms with E-state index in [2.05, 4.69) is 22.3 Å². The predicted molar refractivity (Wildman–Crippen MR) is 151 cm³/mol. The van der Waals surface area contributed by atoms with E-state index in [4.69, 9.17) is 9.47 Å². The van der Waals surface area contributed by atoms with Crippen molar-refractivity contribution >= 4 is 11.9 Å². The first-order valence-electron chi connectivity index (χ1n) is 13.7. The average molecular weight is 534 g/mol. The van der Waals surface area contributed by atoms with Gasteiger partial charge >= 0.3 is 5.97 Å². The van der Waals surface area contributed by atoms with Gasteiger partial charge in [0.1, 0.15) is 17.2 Å². The lowest BCUT2D eigenvalue weighted by Gasteiger charge is -2.32. The van der Waals surface area contributed by atoms with E-state index in [1.54, 1.807) is 38.1 Å². The predicted octanol–water partition coefficient (Wildman–Crippen LogP) is 5.03. The van der Waals surface area contributed by atoms with Crippen molar-refractivity contribution in [3.05, 3.63) is 77.6 Å². The van der Waals surface area contributed by atoms with Crippen molar-refractivity contribution in [3.8, 4) is 17.2 Å². The summed E-state index contributed by atoms with van der Waals surface area (Å²) in [6, 6.07) is 15.1. The van der Waals surface area contributed by atoms with Crippen molar-refractivity contribution in [3.63, 3.8) is 0 Å². The second kappa shape index (κ2) is 12.4. The highest BCUT2D eigenvalue weighted by Gasteiger charge is 2.29. The Hall–Kier alpha value is -3.78. The minimum Gasteiger partial charge on any atom is -0.492 e. The van der Waals surface area contributed by atoms with Gasteiger partial charge in [0.05, 0.1) is 18.6 Å². The molecule has 39 heavy (non-hydrogen) atoms. The first-order chi connectivity index (χ1) is 18.7. The van der Waals surface area contributed by atoms with Gasteiger partial charge < -0.3 is 24.5 Å². The summed E-state index contributed by atoms with van der Waals surface area (Å²) in [5, 5.41) is 12.6. The summed E-state index contributed by atoms with van der Waals surface area (Å²) in [5.74, 6) is 0.576. The van der Waals surface area contributed by atoms with Crippen molar-refractivity contribution < 1.29 is 24.2 Å². The van der Waals surface area contributed by atoms with Gasteiger partial charge in [-0.3, -0.25) is 14.5 Å². The summed E-state index contributed by atoms with van der Waals surface area (Å²) >= 11 is 0. The Kier molecular flexibility index (Phi) is 8.97. The van der Waals surface area contributed by atoms with E-state index in [0.29, 0.717) is 24.3 Å². The number of carboxylic acids is 1. The maximum Gasteiger partial charge on any atom is 0.313 e. The van der Waals surface area contributed by atoms with Crippen LogP contribution < -0.4 is 14.8 Å². The highest BCUT2D eigenvalue weighted by Crippen LogP contribution is 2.35. The molecular weight excluding hydrogens is 494 g/mol. The van der Waals surface area contributed by atoms with Gasteiger partial charge in [0.25, 0.3) is 5.91 Å². The fourth-order valence-electron chi connectivity index (χ4n) is 4.92. The molecule has 0 saturated carbocycles. The van der Waals surface area contributed by atoms with Crippen molar-refractivity contribution in [2.45, 2.75) is 58.5 Å². The van der Waals surface area contributed by atoms with E-state index < -0.39 is 11.4 Å². The molecule has 0 atom stereocenters. The zero-order valence-corrected chi connectivity index (χ0v) is 23.3. The number of piperidine rings is 1. The van der Waals surface area contributed by atoms with Gasteiger partial charge in [-0.25, -0.2) is 0 Å². The molecule has 1 saturated heterocycles. The summed E-state index contributed by atoms with van der Waals surface area (Å²) in [4.78, 5) is 26.7. The summed E-state index contributed by atoms with van der Waals surface area (Å²) < 4.78 is 14.1. The minimum absolute atomic E-state index is 0.0953. The number of carbonyl (C=O) groups is 2. The number of aliphatic carboxylic acids is 1. The van der Waals surface area contributed by atoms with Crippen molar-refractivity contribution in [2.75, 3.05) is 26.3 Å². The lowest BCUT2D eigenvalue weighted by atomic mass is 9.84. The third kappa shape index (κ3) is 6.63. The quantitative estimate of drug-likeness (QED) is 0.359. The molecule has 1 aliphatic rings. The molecule has 8 nitrogen and oxygen atoms in total. The number of hydrogen-bond acceptors (Lipinski definition) is 5. The van der Waals surface area contributed by atoms with Gasteiger partial charge in [0.2, 0.25) is 0 Å². The number of aromatic nitrogens is 1. The van der Waals surface area contributed by atoms with Crippen LogP contribution in [-0.2, 0) is 16.8 Å². The van der Waals surface area contributed by atoms with E-state index >= 15 is 0 Å². The Morgan fingerprint density at radius 1 is 0.974 bits per heavy atom. The maximum absolute atomic E-state index is 12.8. The molecule has 2 N–H and O–H groups in total. The SMILES string of the molecule is CCOc1cc(CN2CCC(NC(=O)c3ccc(C(C)(C)C(=O)O)cc3)CC2)cc(OCC)c1-n1cccc1. The molecule has 1 aliphatic heterocycles. The summed E-state index contributed by atoms with van der Waals surface area (Å²) in [5.41, 5.74) is 2.24. The molecule has 0 bridgehead atoms. The van der Waals surface area contributed by atoms with E-state index in [9.17, 15) is 14.7 Å². The second-order valence-electron chi connectivity index (χ2n) is 10.4. The molecular formula is C31H39N3O5. The van der Waals surface area contributed by atoms with Crippen LogP contribution in [0.5, 0.6) is 11.5 Å². The molecule has 2 aromatic carbocycles. The van der Waals surface area contributed by atoms with Crippen LogP contribution in [0.3, 0.4) is 0 Å². The number of nitrogens with zero attached hydrogens (tertiary/aromatic N) is 2. The molecule has 0 radical (unpaired) electrons. The number of likely N-dealkylation sites (tertiary alicyclic amines) is 1. The Balaban J connectivity index is 1.37. The van der Waals surface area contributed by atoms with Crippen LogP contribution in [0.1, 0.15) is 62.0 Å². The van der Waals surface area contributed by atoms with E-state index in [1.165, 1.54) is 0 Å². The largest absolute Gasteiger partial charge is 0.492 e. The highest BCUT2D eigenvalue weighted by atomic mass is 16.5. The summed E-state index contributed by atoms with van der Waals surface area (Å²) in [6.45, 7) is 10.9. The van der Waals surface area contributed by atoms with Crippen molar-refractivity contribution in [1.82, 2.24) is 14.8 Å². The third-order valence-electron chi connectivity index (χ3n) is 7.29. The maximum atomic E-state index is 12.8. The number of carboxylic acid groups (broad SMARTS) is 1. The van der Waals surface area contributed by atoms with Gasteiger partial charge in [-0.15, -0.1) is 0 Å². The van der Waals surface area contributed by atoms with E-state index in [0.717, 1.165) is 55.2 Å². The molecule has 2 heterocycles. The van der Waals surface area contributed by atoms with Crippen LogP contribution in [0.15, 0.2) is 60.9 Å². The lowest BCUT2D eigenvalue weighted by molar-refractivity contribution is -0.142. The smallest absolute Gasteiger partial charge is 0.313 e. The van der Waals surface area contributed by atoms with Crippen molar-refractivity contribution in [1.29, 1.82) is 0 Å². The average Bonchev–Trinajstić information content (AvgIpc) is 3.44. The highest BCUT2D eigenvalue weighted by molar-refractivity contribution is 5.94. The molecule has 8 heteroatoms. The Morgan fingerprint density at radius 3 is 2.05 bits per heavy atom. The molecule has 1 fully saturated rings. The Labute approximate surface area is 230 Å². The lowest BCUT2D eigenvalue weighted by Crippen LogP contribution is -2.44. The van der Waals surface area contributed by atoms with Gasteiger partial charge in [0, 0.05) is 43.6 Å². The van der Waals surface area contributed by atoms with E-state index in [1.807, 2.05) is 42.9 Å². The number of ether oxygens (including phenoxy) is 2. The first kappa shape index (κ1) is 28.2. The fraction of sp³-hybridized carbons (Fsp3) is 0.419. The number of hydrogen-bond donors (Lipinski definition) is 2. The van der Waals surface area contributed by atoms with E-state index in [-0.39, 0.29) is 11.9 Å². The molecule has 4 rings (SSSR count). The van der Waals surface area contributed by atoms with Crippen LogP contribution >= 0.6 is 0 Å². The monoisotopic (exact) mass is 533 g/mol. The van der Waals surface area contributed by atoms with Gasteiger partial charge in [-0.1, -0.05) is 12.1 Å². The molecule has 0 unspecified atom stereocenters. The second-order valence-corrected chi connectivity index (χ2v) is 10.4. The standard InChI is InChI=1S/C31H39N3O5/c1-5-38-26-19-22(20-27(39-6-2)28(26)34-15-7-8-16-34)21-33-17-13-25(14-18-33)32-29(35)23-9-11-24(12-10-23)31(3,4)30(36)37/h7-12,15-16,19-20,25H,5-6,13-14,17-18,21H2,1-4H3,(H,32,35)(H,36,37). The minimum atomic E-state index is -1.00. The van der Waals surface area contributed by atoms with Crippen LogP contribution in [0.4, 0.5) is 0 Å². The molecule has 0 spiro atoms. The first-order valence-corrected chi connectivity index (χ1v) is 13.7. The molecule has 3 aromatic rings. The fourth-order valence-corrected chi connectivity index (χ4v) is 4.92.